The number of anilines is 1. The van der Waals surface area contributed by atoms with Gasteiger partial charge in [0.05, 0.1) is 5.69 Å². The molecule has 3 N–H and O–H groups in total. The molecular formula is C13H18N6. The molecule has 0 spiro atoms. The number of nitrogens with one attached hydrogen (secondary N) is 1. The van der Waals surface area contributed by atoms with Crippen molar-refractivity contribution < 1.29 is 0 Å². The highest BCUT2D eigenvalue weighted by Gasteiger charge is 2.21. The SMILES string of the molecule is Cc1nnnn1-c1cccc(NC2CCC(N)C2)c1. The van der Waals surface area contributed by atoms with E-state index in [1.165, 1.54) is 0 Å². The number of benzene rings is 1. The summed E-state index contributed by atoms with van der Waals surface area (Å²) in [5, 5.41) is 15.1. The van der Waals surface area contributed by atoms with Gasteiger partial charge >= 0.3 is 0 Å². The quantitative estimate of drug-likeness (QED) is 0.866. The second kappa shape index (κ2) is 4.97. The third kappa shape index (κ3) is 2.58. The van der Waals surface area contributed by atoms with E-state index in [2.05, 4.69) is 33.0 Å². The van der Waals surface area contributed by atoms with E-state index in [0.29, 0.717) is 12.1 Å². The van der Waals surface area contributed by atoms with Gasteiger partial charge in [-0.2, -0.15) is 4.68 Å². The van der Waals surface area contributed by atoms with Gasteiger partial charge in [0.1, 0.15) is 0 Å². The summed E-state index contributed by atoms with van der Waals surface area (Å²) in [5.41, 5.74) is 7.99. The van der Waals surface area contributed by atoms with Crippen molar-refractivity contribution in [3.63, 3.8) is 0 Å². The van der Waals surface area contributed by atoms with Crippen LogP contribution in [0.1, 0.15) is 25.1 Å². The van der Waals surface area contributed by atoms with Crippen molar-refractivity contribution >= 4 is 5.69 Å². The van der Waals surface area contributed by atoms with Crippen LogP contribution >= 0.6 is 0 Å². The Morgan fingerprint density at radius 2 is 2.26 bits per heavy atom. The maximum absolute atomic E-state index is 5.94. The summed E-state index contributed by atoms with van der Waals surface area (Å²) in [6.45, 7) is 1.89. The van der Waals surface area contributed by atoms with Crippen LogP contribution in [-0.4, -0.2) is 32.3 Å². The zero-order valence-electron chi connectivity index (χ0n) is 11.0. The lowest BCUT2D eigenvalue weighted by atomic mass is 10.2. The van der Waals surface area contributed by atoms with E-state index in [-0.39, 0.29) is 0 Å². The molecule has 1 fully saturated rings. The van der Waals surface area contributed by atoms with Gasteiger partial charge in [-0.3, -0.25) is 0 Å². The molecule has 6 heteroatoms. The fraction of sp³-hybridized carbons (Fsp3) is 0.462. The van der Waals surface area contributed by atoms with E-state index in [9.17, 15) is 0 Å². The Hall–Kier alpha value is -1.95. The second-order valence-corrected chi connectivity index (χ2v) is 5.10. The highest BCUT2D eigenvalue weighted by molar-refractivity contribution is 5.51. The van der Waals surface area contributed by atoms with Crippen molar-refractivity contribution in [2.75, 3.05) is 5.32 Å². The molecule has 2 aromatic rings. The van der Waals surface area contributed by atoms with Gasteiger partial charge in [0, 0.05) is 17.8 Å². The summed E-state index contributed by atoms with van der Waals surface area (Å²) < 4.78 is 1.73. The van der Waals surface area contributed by atoms with Gasteiger partial charge in [-0.05, 0) is 54.8 Å². The van der Waals surface area contributed by atoms with Crippen LogP contribution in [-0.2, 0) is 0 Å². The number of tetrazole rings is 1. The van der Waals surface area contributed by atoms with Crippen molar-refractivity contribution in [2.24, 2.45) is 5.73 Å². The van der Waals surface area contributed by atoms with E-state index in [0.717, 1.165) is 36.5 Å². The molecule has 2 unspecified atom stereocenters. The van der Waals surface area contributed by atoms with Crippen molar-refractivity contribution in [2.45, 2.75) is 38.3 Å². The van der Waals surface area contributed by atoms with E-state index in [4.69, 9.17) is 5.73 Å². The van der Waals surface area contributed by atoms with Gasteiger partial charge in [-0.1, -0.05) is 6.07 Å². The molecule has 2 atom stereocenters. The summed E-state index contributed by atoms with van der Waals surface area (Å²) in [5.74, 6) is 0.778. The topological polar surface area (TPSA) is 81.7 Å². The molecular weight excluding hydrogens is 240 g/mol. The van der Waals surface area contributed by atoms with Crippen LogP contribution in [0.5, 0.6) is 0 Å². The predicted molar refractivity (Wildman–Crippen MR) is 73.1 cm³/mol. The lowest BCUT2D eigenvalue weighted by molar-refractivity contribution is 0.688. The van der Waals surface area contributed by atoms with E-state index < -0.39 is 0 Å². The Bertz CT molecular complexity index is 564. The largest absolute Gasteiger partial charge is 0.382 e. The minimum Gasteiger partial charge on any atom is -0.382 e. The summed E-state index contributed by atoms with van der Waals surface area (Å²) >= 11 is 0. The maximum Gasteiger partial charge on any atom is 0.153 e. The Balaban J connectivity index is 1.79. The summed E-state index contributed by atoms with van der Waals surface area (Å²) in [4.78, 5) is 0. The minimum atomic E-state index is 0.336. The molecule has 1 saturated carbocycles. The normalized spacial score (nSPS) is 22.6. The molecule has 1 aromatic carbocycles. The highest BCUT2D eigenvalue weighted by atomic mass is 15.5. The maximum atomic E-state index is 5.94. The molecule has 0 aliphatic heterocycles. The molecule has 0 saturated heterocycles. The fourth-order valence-corrected chi connectivity index (χ4v) is 2.58. The van der Waals surface area contributed by atoms with Crippen LogP contribution in [0.4, 0.5) is 5.69 Å². The molecule has 0 amide bonds. The molecule has 0 radical (unpaired) electrons. The Kier molecular flexibility index (Phi) is 3.16. The smallest absolute Gasteiger partial charge is 0.153 e. The molecule has 1 aliphatic carbocycles. The minimum absolute atomic E-state index is 0.336. The summed E-state index contributed by atoms with van der Waals surface area (Å²) in [6.07, 6.45) is 3.27. The van der Waals surface area contributed by atoms with Crippen LogP contribution in [0.15, 0.2) is 24.3 Å². The van der Waals surface area contributed by atoms with Gasteiger partial charge in [-0.25, -0.2) is 0 Å². The van der Waals surface area contributed by atoms with Crippen LogP contribution in [0.3, 0.4) is 0 Å². The van der Waals surface area contributed by atoms with Crippen LogP contribution < -0.4 is 11.1 Å². The standard InChI is InChI=1S/C13H18N6/c1-9-16-17-18-19(9)13-4-2-3-11(8-13)15-12-6-5-10(14)7-12/h2-4,8,10,12,15H,5-7,14H2,1H3. The molecule has 100 valence electrons. The third-order valence-electron chi connectivity index (χ3n) is 3.56. The average Bonchev–Trinajstić information content (AvgIpc) is 2.99. The number of hydrogen-bond acceptors (Lipinski definition) is 5. The molecule has 0 bridgehead atoms. The van der Waals surface area contributed by atoms with E-state index in [1.54, 1.807) is 4.68 Å². The van der Waals surface area contributed by atoms with E-state index in [1.807, 2.05) is 19.1 Å². The lowest BCUT2D eigenvalue weighted by Crippen LogP contribution is -2.20. The zero-order valence-corrected chi connectivity index (χ0v) is 11.0. The highest BCUT2D eigenvalue weighted by Crippen LogP contribution is 2.23. The van der Waals surface area contributed by atoms with Crippen molar-refractivity contribution in [1.29, 1.82) is 0 Å². The number of hydrogen-bond donors (Lipinski definition) is 2. The van der Waals surface area contributed by atoms with Crippen LogP contribution in [0, 0.1) is 6.92 Å². The third-order valence-corrected chi connectivity index (χ3v) is 3.56. The van der Waals surface area contributed by atoms with Crippen LogP contribution in [0.25, 0.3) is 5.69 Å². The fourth-order valence-electron chi connectivity index (χ4n) is 2.58. The first-order valence-corrected chi connectivity index (χ1v) is 6.60. The summed E-state index contributed by atoms with van der Waals surface area (Å²) in [6, 6.07) is 8.94. The number of nitrogens with two attached hydrogens (primary N) is 1. The van der Waals surface area contributed by atoms with Gasteiger partial charge in [0.15, 0.2) is 5.82 Å². The zero-order chi connectivity index (χ0) is 13.2. The van der Waals surface area contributed by atoms with Gasteiger partial charge in [0.25, 0.3) is 0 Å². The summed E-state index contributed by atoms with van der Waals surface area (Å²) in [7, 11) is 0. The molecule has 1 heterocycles. The van der Waals surface area contributed by atoms with Gasteiger partial charge in [-0.15, -0.1) is 5.10 Å². The first kappa shape index (κ1) is 12.1. The number of aryl methyl sites for hydroxylation is 1. The molecule has 1 aromatic heterocycles. The van der Waals surface area contributed by atoms with Gasteiger partial charge < -0.3 is 11.1 Å². The Morgan fingerprint density at radius 1 is 1.37 bits per heavy atom. The Morgan fingerprint density at radius 3 is 2.95 bits per heavy atom. The lowest BCUT2D eigenvalue weighted by Gasteiger charge is -2.14. The number of rotatable bonds is 3. The molecule has 6 nitrogen and oxygen atoms in total. The van der Waals surface area contributed by atoms with Crippen molar-refractivity contribution in [1.82, 2.24) is 20.2 Å². The van der Waals surface area contributed by atoms with E-state index >= 15 is 0 Å². The Labute approximate surface area is 112 Å². The van der Waals surface area contributed by atoms with Crippen molar-refractivity contribution in [3.05, 3.63) is 30.1 Å². The van der Waals surface area contributed by atoms with Crippen LogP contribution in [0.2, 0.25) is 0 Å². The predicted octanol–water partition coefficient (Wildman–Crippen LogP) is 1.26. The number of aromatic nitrogens is 4. The average molecular weight is 258 g/mol. The molecule has 1 aliphatic rings. The molecule has 19 heavy (non-hydrogen) atoms. The van der Waals surface area contributed by atoms with Crippen molar-refractivity contribution in [3.8, 4) is 5.69 Å². The molecule has 3 rings (SSSR count). The first-order chi connectivity index (χ1) is 9.22. The number of nitrogens with zero attached hydrogens (tertiary/aromatic N) is 4. The first-order valence-electron chi connectivity index (χ1n) is 6.60. The monoisotopic (exact) mass is 258 g/mol. The second-order valence-electron chi connectivity index (χ2n) is 5.10. The van der Waals surface area contributed by atoms with Gasteiger partial charge in [0.2, 0.25) is 0 Å².